The van der Waals surface area contributed by atoms with Crippen molar-refractivity contribution in [2.24, 2.45) is 0 Å². The van der Waals surface area contributed by atoms with Crippen LogP contribution in [0.3, 0.4) is 0 Å². The highest BCUT2D eigenvalue weighted by Gasteiger charge is 2.00. The maximum absolute atomic E-state index is 3.96. The maximum atomic E-state index is 3.96. The van der Waals surface area contributed by atoms with Gasteiger partial charge >= 0.3 is 0 Å². The molecule has 0 saturated carbocycles. The van der Waals surface area contributed by atoms with Gasteiger partial charge in [-0.15, -0.1) is 0 Å². The van der Waals surface area contributed by atoms with Crippen molar-refractivity contribution >= 4 is 11.8 Å². The number of rotatable bonds is 5. The van der Waals surface area contributed by atoms with E-state index in [1.165, 1.54) is 0 Å². The molecule has 0 spiro atoms. The van der Waals surface area contributed by atoms with Gasteiger partial charge in [-0.1, -0.05) is 38.3 Å². The van der Waals surface area contributed by atoms with E-state index in [2.05, 4.69) is 27.0 Å². The summed E-state index contributed by atoms with van der Waals surface area (Å²) in [5.41, 5.74) is 1.16. The number of allylic oxidation sites excluding steroid dienone is 3. The minimum Gasteiger partial charge on any atom is -0.154 e. The summed E-state index contributed by atoms with van der Waals surface area (Å²) in [5, 5.41) is 0.524. The van der Waals surface area contributed by atoms with E-state index in [1.807, 2.05) is 23.9 Å². The normalized spacial score (nSPS) is 13.3. The molecular formula is C10H16S. The topological polar surface area (TPSA) is 0 Å². The molecule has 0 aromatic carbocycles. The van der Waals surface area contributed by atoms with E-state index in [9.17, 15) is 0 Å². The first-order valence-electron chi connectivity index (χ1n) is 3.81. The maximum Gasteiger partial charge on any atom is 0.0263 e. The molecule has 1 unspecified atom stereocenters. The summed E-state index contributed by atoms with van der Waals surface area (Å²) in [7, 11) is 0. The van der Waals surface area contributed by atoms with E-state index in [1.54, 1.807) is 6.08 Å². The van der Waals surface area contributed by atoms with Gasteiger partial charge in [0.2, 0.25) is 0 Å². The number of thioether (sulfide) groups is 1. The zero-order valence-electron chi connectivity index (χ0n) is 7.34. The fourth-order valence-electron chi connectivity index (χ4n) is 0.684. The molecule has 0 aliphatic heterocycles. The third-order valence-electron chi connectivity index (χ3n) is 1.39. The summed E-state index contributed by atoms with van der Waals surface area (Å²) >= 11 is 1.90. The van der Waals surface area contributed by atoms with E-state index in [0.29, 0.717) is 5.25 Å². The lowest BCUT2D eigenvalue weighted by Gasteiger charge is -2.08. The fraction of sp³-hybridized carbons (Fsp3) is 0.400. The molecule has 0 heterocycles. The molecule has 62 valence electrons. The van der Waals surface area contributed by atoms with E-state index in [0.717, 1.165) is 11.3 Å². The van der Waals surface area contributed by atoms with Crippen LogP contribution in [0.25, 0.3) is 0 Å². The highest BCUT2D eigenvalue weighted by Crippen LogP contribution is 2.17. The monoisotopic (exact) mass is 168 g/mol. The Morgan fingerprint density at radius 2 is 2.27 bits per heavy atom. The van der Waals surface area contributed by atoms with Crippen LogP contribution in [-0.2, 0) is 0 Å². The van der Waals surface area contributed by atoms with Crippen molar-refractivity contribution in [1.82, 2.24) is 0 Å². The zero-order chi connectivity index (χ0) is 8.69. The molecule has 0 fully saturated rings. The Labute approximate surface area is 74.1 Å². The van der Waals surface area contributed by atoms with Gasteiger partial charge < -0.3 is 0 Å². The highest BCUT2D eigenvalue weighted by molar-refractivity contribution is 8.00. The molecule has 0 bridgehead atoms. The first-order chi connectivity index (χ1) is 5.22. The summed E-state index contributed by atoms with van der Waals surface area (Å²) in [6, 6.07) is 0. The van der Waals surface area contributed by atoms with Gasteiger partial charge in [-0.25, -0.2) is 0 Å². The van der Waals surface area contributed by atoms with Gasteiger partial charge in [-0.2, -0.15) is 11.8 Å². The van der Waals surface area contributed by atoms with Crippen LogP contribution in [0.15, 0.2) is 37.0 Å². The van der Waals surface area contributed by atoms with Crippen molar-refractivity contribution in [2.75, 3.05) is 5.75 Å². The summed E-state index contributed by atoms with van der Waals surface area (Å²) < 4.78 is 0. The van der Waals surface area contributed by atoms with Gasteiger partial charge in [0.1, 0.15) is 0 Å². The molecule has 0 aliphatic rings. The number of hydrogen-bond donors (Lipinski definition) is 0. The Morgan fingerprint density at radius 1 is 1.64 bits per heavy atom. The first kappa shape index (κ1) is 10.6. The third kappa shape index (κ3) is 4.91. The van der Waals surface area contributed by atoms with Crippen molar-refractivity contribution < 1.29 is 0 Å². The fourth-order valence-corrected chi connectivity index (χ4v) is 1.48. The van der Waals surface area contributed by atoms with Crippen LogP contribution in [0, 0.1) is 0 Å². The second-order valence-corrected chi connectivity index (χ2v) is 3.89. The van der Waals surface area contributed by atoms with Crippen molar-refractivity contribution in [1.29, 1.82) is 0 Å². The SMILES string of the molecule is C=C/C=C\C(=C)C(C)SCC. The van der Waals surface area contributed by atoms with Gasteiger partial charge in [0.15, 0.2) is 0 Å². The standard InChI is InChI=1S/C10H16S/c1-5-7-8-9(3)10(4)11-6-2/h5,7-8,10H,1,3,6H2,2,4H3/b8-7-. The first-order valence-corrected chi connectivity index (χ1v) is 4.86. The van der Waals surface area contributed by atoms with E-state index in [-0.39, 0.29) is 0 Å². The van der Waals surface area contributed by atoms with Crippen LogP contribution in [-0.4, -0.2) is 11.0 Å². The van der Waals surface area contributed by atoms with Gasteiger partial charge in [0, 0.05) is 5.25 Å². The molecule has 0 amide bonds. The second kappa shape index (κ2) is 6.29. The van der Waals surface area contributed by atoms with Gasteiger partial charge in [0.25, 0.3) is 0 Å². The van der Waals surface area contributed by atoms with Gasteiger partial charge in [0.05, 0.1) is 0 Å². The quantitative estimate of drug-likeness (QED) is 0.567. The highest BCUT2D eigenvalue weighted by atomic mass is 32.2. The zero-order valence-corrected chi connectivity index (χ0v) is 8.16. The molecule has 0 radical (unpaired) electrons. The predicted octanol–water partition coefficient (Wildman–Crippen LogP) is 3.43. The van der Waals surface area contributed by atoms with Crippen molar-refractivity contribution in [2.45, 2.75) is 19.1 Å². The van der Waals surface area contributed by atoms with Crippen molar-refractivity contribution in [3.05, 3.63) is 37.0 Å². The van der Waals surface area contributed by atoms with Gasteiger partial charge in [-0.05, 0) is 18.2 Å². The van der Waals surface area contributed by atoms with E-state index >= 15 is 0 Å². The van der Waals surface area contributed by atoms with Crippen LogP contribution in [0.5, 0.6) is 0 Å². The number of hydrogen-bond acceptors (Lipinski definition) is 1. The lowest BCUT2D eigenvalue weighted by atomic mass is 10.2. The molecule has 0 rings (SSSR count). The van der Waals surface area contributed by atoms with Crippen LogP contribution >= 0.6 is 11.8 Å². The van der Waals surface area contributed by atoms with Crippen molar-refractivity contribution in [3.63, 3.8) is 0 Å². The average molecular weight is 168 g/mol. The molecule has 0 nitrogen and oxygen atoms in total. The van der Waals surface area contributed by atoms with Gasteiger partial charge in [-0.3, -0.25) is 0 Å². The lowest BCUT2D eigenvalue weighted by molar-refractivity contribution is 1.18. The molecule has 0 aliphatic carbocycles. The van der Waals surface area contributed by atoms with Crippen LogP contribution < -0.4 is 0 Å². The Morgan fingerprint density at radius 3 is 2.73 bits per heavy atom. The molecule has 0 aromatic heterocycles. The second-order valence-electron chi connectivity index (χ2n) is 2.27. The summed E-state index contributed by atoms with van der Waals surface area (Å²) in [6.07, 6.45) is 5.71. The van der Waals surface area contributed by atoms with E-state index in [4.69, 9.17) is 0 Å². The molecule has 1 atom stereocenters. The predicted molar refractivity (Wildman–Crippen MR) is 56.1 cm³/mol. The Balaban J connectivity index is 3.81. The van der Waals surface area contributed by atoms with Crippen LogP contribution in [0.1, 0.15) is 13.8 Å². The lowest BCUT2D eigenvalue weighted by Crippen LogP contribution is -1.97. The summed E-state index contributed by atoms with van der Waals surface area (Å²) in [6.45, 7) is 11.9. The van der Waals surface area contributed by atoms with Crippen molar-refractivity contribution in [3.8, 4) is 0 Å². The molecular weight excluding hydrogens is 152 g/mol. The Bertz CT molecular complexity index is 156. The average Bonchev–Trinajstić information content (AvgIpc) is 2.00. The minimum atomic E-state index is 0.524. The largest absolute Gasteiger partial charge is 0.154 e. The summed E-state index contributed by atoms with van der Waals surface area (Å²) in [4.78, 5) is 0. The molecule has 0 N–H and O–H groups in total. The van der Waals surface area contributed by atoms with E-state index < -0.39 is 0 Å². The Hall–Kier alpha value is -0.430. The Kier molecular flexibility index (Phi) is 6.05. The molecule has 0 aromatic rings. The smallest absolute Gasteiger partial charge is 0.0263 e. The molecule has 0 saturated heterocycles. The summed E-state index contributed by atoms with van der Waals surface area (Å²) in [5.74, 6) is 1.14. The minimum absolute atomic E-state index is 0.524. The molecule has 1 heteroatoms. The van der Waals surface area contributed by atoms with Crippen LogP contribution in [0.2, 0.25) is 0 Å². The third-order valence-corrected chi connectivity index (χ3v) is 2.52. The molecule has 11 heavy (non-hydrogen) atoms. The van der Waals surface area contributed by atoms with Crippen LogP contribution in [0.4, 0.5) is 0 Å².